The van der Waals surface area contributed by atoms with Crippen LogP contribution in [0.15, 0.2) is 0 Å². The van der Waals surface area contributed by atoms with Gasteiger partial charge in [-0.05, 0) is 31.6 Å². The van der Waals surface area contributed by atoms with E-state index in [0.29, 0.717) is 25.7 Å². The molecule has 0 rings (SSSR count). The highest BCUT2D eigenvalue weighted by Gasteiger charge is 2.30. The molecule has 0 heterocycles. The average molecular weight is 1510 g/mol. The summed E-state index contributed by atoms with van der Waals surface area (Å²) in [5.41, 5.74) is 0. The molecule has 3 N–H and O–H groups in total. The van der Waals surface area contributed by atoms with Gasteiger partial charge in [-0.1, -0.05) is 401 Å². The maximum Gasteiger partial charge on any atom is 0.472 e. The Labute approximate surface area is 632 Å². The molecule has 0 aliphatic carbocycles. The van der Waals surface area contributed by atoms with E-state index in [1.807, 2.05) is 0 Å². The van der Waals surface area contributed by atoms with Crippen LogP contribution in [0.5, 0.6) is 0 Å². The standard InChI is InChI=1S/C84H164O17P2/c1-6-9-12-15-18-21-23-25-27-29-31-33-37-42-46-50-55-60-65-70-84(89)101-80(74-95-82(87)68-63-58-53-48-44-40-38-34-35-39-43-47-51-56-61-66-77(4)5)76-99-103(92,93)97-72-78(85)71-96-102(90,91)98-75-79(73-94-81(86)67-62-57-52-20-17-14-11-8-3)100-83(88)69-64-59-54-49-45-41-36-32-30-28-26-24-22-19-16-13-10-7-2/h77-80,85H,6-76H2,1-5H3,(H,90,91)(H,92,93)/t78-,79+,80+/m0/s1. The summed E-state index contributed by atoms with van der Waals surface area (Å²) in [6.07, 6.45) is 69.5. The first kappa shape index (κ1) is 101. The second-order valence-corrected chi connectivity index (χ2v) is 33.6. The van der Waals surface area contributed by atoms with E-state index in [-0.39, 0.29) is 25.7 Å². The lowest BCUT2D eigenvalue weighted by Crippen LogP contribution is -2.30. The van der Waals surface area contributed by atoms with Crippen molar-refractivity contribution < 1.29 is 80.2 Å². The van der Waals surface area contributed by atoms with Crippen LogP contribution >= 0.6 is 15.6 Å². The molecular weight excluding hydrogens is 1340 g/mol. The molecule has 103 heavy (non-hydrogen) atoms. The van der Waals surface area contributed by atoms with E-state index < -0.39 is 97.5 Å². The molecule has 5 atom stereocenters. The van der Waals surface area contributed by atoms with Crippen molar-refractivity contribution in [3.05, 3.63) is 0 Å². The Bertz CT molecular complexity index is 1960. The minimum absolute atomic E-state index is 0.109. The lowest BCUT2D eigenvalue weighted by molar-refractivity contribution is -0.161. The fourth-order valence-electron chi connectivity index (χ4n) is 13.1. The van der Waals surface area contributed by atoms with Crippen molar-refractivity contribution >= 4 is 39.5 Å². The number of carbonyl (C=O) groups excluding carboxylic acids is 4. The fraction of sp³-hybridized carbons (Fsp3) is 0.952. The summed E-state index contributed by atoms with van der Waals surface area (Å²) in [7, 11) is -9.92. The van der Waals surface area contributed by atoms with Gasteiger partial charge in [0.2, 0.25) is 0 Å². The van der Waals surface area contributed by atoms with Crippen LogP contribution in [-0.2, 0) is 65.4 Å². The number of ether oxygens (including phenoxy) is 4. The summed E-state index contributed by atoms with van der Waals surface area (Å²) in [4.78, 5) is 73.1. The molecule has 0 aliphatic rings. The monoisotopic (exact) mass is 1510 g/mol. The van der Waals surface area contributed by atoms with Gasteiger partial charge in [0, 0.05) is 25.7 Å². The zero-order chi connectivity index (χ0) is 75.5. The van der Waals surface area contributed by atoms with Crippen molar-refractivity contribution in [1.29, 1.82) is 0 Å². The summed E-state index contributed by atoms with van der Waals surface area (Å²) in [6.45, 7) is 7.36. The topological polar surface area (TPSA) is 237 Å². The van der Waals surface area contributed by atoms with E-state index in [9.17, 15) is 43.2 Å². The number of rotatable bonds is 84. The normalized spacial score (nSPS) is 13.8. The van der Waals surface area contributed by atoms with Gasteiger partial charge in [0.05, 0.1) is 26.4 Å². The summed E-state index contributed by atoms with van der Waals surface area (Å²) in [5, 5.41) is 10.7. The van der Waals surface area contributed by atoms with E-state index in [1.165, 1.54) is 276 Å². The Balaban J connectivity index is 5.19. The SMILES string of the molecule is CCCCCCCCCCCCCCCCCCCCCC(=O)O[C@H](COC(=O)CCCCCCCCCCCCCCCCCC(C)C)COP(=O)(O)OC[C@@H](O)COP(=O)(O)OC[C@@H](COC(=O)CCCCCCCCCC)OC(=O)CCCCCCCCCCCCCCCCCCCC. The van der Waals surface area contributed by atoms with Gasteiger partial charge in [0.25, 0.3) is 0 Å². The molecule has 0 aromatic heterocycles. The van der Waals surface area contributed by atoms with Gasteiger partial charge in [0.1, 0.15) is 19.3 Å². The largest absolute Gasteiger partial charge is 0.472 e. The highest BCUT2D eigenvalue weighted by atomic mass is 31.2. The van der Waals surface area contributed by atoms with E-state index in [4.69, 9.17) is 37.0 Å². The van der Waals surface area contributed by atoms with Crippen molar-refractivity contribution in [2.45, 2.75) is 470 Å². The summed E-state index contributed by atoms with van der Waals surface area (Å²) in [6, 6.07) is 0. The second-order valence-electron chi connectivity index (χ2n) is 30.7. The number of phosphoric acid groups is 2. The molecule has 0 aromatic rings. The van der Waals surface area contributed by atoms with Gasteiger partial charge in [-0.2, -0.15) is 0 Å². The molecule has 0 radical (unpaired) electrons. The van der Waals surface area contributed by atoms with Gasteiger partial charge in [-0.3, -0.25) is 37.3 Å². The van der Waals surface area contributed by atoms with Crippen molar-refractivity contribution in [3.63, 3.8) is 0 Å². The van der Waals surface area contributed by atoms with E-state index >= 15 is 0 Å². The molecule has 612 valence electrons. The molecule has 0 aliphatic heterocycles. The quantitative estimate of drug-likeness (QED) is 0.0222. The third kappa shape index (κ3) is 78.0. The van der Waals surface area contributed by atoms with Gasteiger partial charge < -0.3 is 33.8 Å². The van der Waals surface area contributed by atoms with Crippen LogP contribution in [0.3, 0.4) is 0 Å². The Morgan fingerprint density at radius 1 is 0.262 bits per heavy atom. The zero-order valence-corrected chi connectivity index (χ0v) is 69.3. The number of phosphoric ester groups is 2. The molecular formula is C84H164O17P2. The molecule has 0 amide bonds. The molecule has 0 saturated carbocycles. The van der Waals surface area contributed by atoms with Crippen LogP contribution in [-0.4, -0.2) is 96.7 Å². The lowest BCUT2D eigenvalue weighted by Gasteiger charge is -2.21. The van der Waals surface area contributed by atoms with Crippen molar-refractivity contribution in [2.24, 2.45) is 5.92 Å². The van der Waals surface area contributed by atoms with Crippen LogP contribution in [0.2, 0.25) is 0 Å². The van der Waals surface area contributed by atoms with E-state index in [1.54, 1.807) is 0 Å². The highest BCUT2D eigenvalue weighted by Crippen LogP contribution is 2.45. The van der Waals surface area contributed by atoms with Crippen molar-refractivity contribution in [3.8, 4) is 0 Å². The fourth-order valence-corrected chi connectivity index (χ4v) is 14.7. The number of carbonyl (C=O) groups is 4. The smallest absolute Gasteiger partial charge is 0.462 e. The predicted molar refractivity (Wildman–Crippen MR) is 423 cm³/mol. The Morgan fingerprint density at radius 3 is 0.660 bits per heavy atom. The van der Waals surface area contributed by atoms with E-state index in [0.717, 1.165) is 95.8 Å². The first-order valence-electron chi connectivity index (χ1n) is 43.6. The van der Waals surface area contributed by atoms with Crippen LogP contribution in [0.25, 0.3) is 0 Å². The molecule has 0 aromatic carbocycles. The lowest BCUT2D eigenvalue weighted by atomic mass is 10.0. The Kier molecular flexibility index (Phi) is 75.4. The number of hydrogen-bond donors (Lipinski definition) is 3. The maximum absolute atomic E-state index is 13.1. The minimum atomic E-state index is -4.96. The predicted octanol–water partition coefficient (Wildman–Crippen LogP) is 25.6. The molecule has 0 bridgehead atoms. The first-order valence-corrected chi connectivity index (χ1v) is 46.6. The van der Waals surface area contributed by atoms with E-state index in [2.05, 4.69) is 34.6 Å². The summed E-state index contributed by atoms with van der Waals surface area (Å²) in [5.74, 6) is -1.30. The first-order chi connectivity index (χ1) is 50.0. The van der Waals surface area contributed by atoms with Gasteiger partial charge in [-0.15, -0.1) is 0 Å². The average Bonchev–Trinajstić information content (AvgIpc) is 0.922. The second kappa shape index (κ2) is 76.8. The molecule has 0 saturated heterocycles. The van der Waals surface area contributed by atoms with Gasteiger partial charge in [-0.25, -0.2) is 9.13 Å². The number of hydrogen-bond acceptors (Lipinski definition) is 15. The zero-order valence-electron chi connectivity index (χ0n) is 67.5. The summed E-state index contributed by atoms with van der Waals surface area (Å²) < 4.78 is 68.8. The van der Waals surface area contributed by atoms with Crippen LogP contribution in [0.4, 0.5) is 0 Å². The third-order valence-corrected chi connectivity index (χ3v) is 21.7. The number of unbranched alkanes of at least 4 members (excludes halogenated alkanes) is 56. The van der Waals surface area contributed by atoms with Crippen LogP contribution in [0.1, 0.15) is 452 Å². The molecule has 0 fully saturated rings. The van der Waals surface area contributed by atoms with Gasteiger partial charge >= 0.3 is 39.5 Å². The van der Waals surface area contributed by atoms with Crippen LogP contribution < -0.4 is 0 Å². The third-order valence-electron chi connectivity index (χ3n) is 19.8. The Morgan fingerprint density at radius 2 is 0.447 bits per heavy atom. The number of aliphatic hydroxyl groups excluding tert-OH is 1. The molecule has 19 heteroatoms. The maximum atomic E-state index is 13.1. The van der Waals surface area contributed by atoms with Gasteiger partial charge in [0.15, 0.2) is 12.2 Å². The number of esters is 4. The Hall–Kier alpha value is -1.94. The van der Waals surface area contributed by atoms with Crippen molar-refractivity contribution in [1.82, 2.24) is 0 Å². The molecule has 2 unspecified atom stereocenters. The summed E-state index contributed by atoms with van der Waals surface area (Å²) >= 11 is 0. The number of aliphatic hydroxyl groups is 1. The highest BCUT2D eigenvalue weighted by molar-refractivity contribution is 7.47. The molecule has 0 spiro atoms. The van der Waals surface area contributed by atoms with Crippen LogP contribution in [0, 0.1) is 5.92 Å². The minimum Gasteiger partial charge on any atom is -0.462 e. The van der Waals surface area contributed by atoms with Crippen molar-refractivity contribution in [2.75, 3.05) is 39.6 Å². The molecule has 17 nitrogen and oxygen atoms in total.